The number of hydrogen-bond donors (Lipinski definition) is 2. The molecule has 1 atom stereocenters. The largest absolute Gasteiger partial charge is 0.495 e. The van der Waals surface area contributed by atoms with Crippen LogP contribution in [0.2, 0.25) is 5.02 Å². The molecule has 0 unspecified atom stereocenters. The Morgan fingerprint density at radius 2 is 2.04 bits per heavy atom. The molecule has 1 aromatic carbocycles. The van der Waals surface area contributed by atoms with Crippen LogP contribution in [0.1, 0.15) is 5.56 Å². The zero-order valence-corrected chi connectivity index (χ0v) is 13.8. The molecule has 0 spiro atoms. The molecule has 1 rings (SSSR count). The molecule has 0 aromatic heterocycles. The average molecular weight is 346 g/mol. The molecule has 0 aliphatic rings. The van der Waals surface area contributed by atoms with Crippen LogP contribution in [0.4, 0.5) is 0 Å². The first-order valence-corrected chi connectivity index (χ1v) is 7.27. The normalized spacial score (nSPS) is 11.8. The van der Waals surface area contributed by atoms with Gasteiger partial charge in [-0.3, -0.25) is 4.79 Å². The Bertz CT molecular complexity index is 537. The van der Waals surface area contributed by atoms with Gasteiger partial charge in [-0.25, -0.2) is 4.79 Å². The van der Waals surface area contributed by atoms with Gasteiger partial charge >= 0.3 is 5.97 Å². The number of ether oxygens (including phenoxy) is 3. The monoisotopic (exact) mass is 345 g/mol. The molecule has 23 heavy (non-hydrogen) atoms. The molecule has 8 heteroatoms. The summed E-state index contributed by atoms with van der Waals surface area (Å²) in [4.78, 5) is 23.0. The minimum atomic E-state index is -1.14. The summed E-state index contributed by atoms with van der Waals surface area (Å²) >= 11 is 6.00. The maximum atomic E-state index is 11.7. The number of methoxy groups -OCH3 is 2. The molecule has 0 bridgehead atoms. The van der Waals surface area contributed by atoms with E-state index >= 15 is 0 Å². The third-order valence-corrected chi connectivity index (χ3v) is 3.25. The number of carbonyl (C=O) groups excluding carboxylic acids is 1. The quantitative estimate of drug-likeness (QED) is 0.617. The first kappa shape index (κ1) is 19.2. The van der Waals surface area contributed by atoms with Crippen LogP contribution in [-0.4, -0.2) is 57.1 Å². The van der Waals surface area contributed by atoms with E-state index in [2.05, 4.69) is 5.32 Å². The Kier molecular flexibility index (Phi) is 8.39. The Labute approximate surface area is 139 Å². The van der Waals surface area contributed by atoms with Crippen molar-refractivity contribution in [2.45, 2.75) is 12.5 Å². The van der Waals surface area contributed by atoms with E-state index in [0.29, 0.717) is 22.9 Å². The van der Waals surface area contributed by atoms with Crippen LogP contribution in [0, 0.1) is 0 Å². The van der Waals surface area contributed by atoms with Gasteiger partial charge in [-0.1, -0.05) is 17.7 Å². The highest BCUT2D eigenvalue weighted by molar-refractivity contribution is 6.32. The number of aliphatic carboxylic acids is 1. The highest BCUT2D eigenvalue weighted by Crippen LogP contribution is 2.25. The maximum Gasteiger partial charge on any atom is 0.326 e. The van der Waals surface area contributed by atoms with Crippen molar-refractivity contribution in [1.82, 2.24) is 5.32 Å². The molecule has 0 radical (unpaired) electrons. The van der Waals surface area contributed by atoms with E-state index in [1.807, 2.05) is 0 Å². The number of carboxylic acid groups (broad SMARTS) is 1. The lowest BCUT2D eigenvalue weighted by Gasteiger charge is -2.15. The topological polar surface area (TPSA) is 94.1 Å². The molecule has 0 saturated heterocycles. The summed E-state index contributed by atoms with van der Waals surface area (Å²) in [7, 11) is 3.01. The van der Waals surface area contributed by atoms with Gasteiger partial charge in [0.05, 0.1) is 25.3 Å². The summed E-state index contributed by atoms with van der Waals surface area (Å²) in [6, 6.07) is 3.88. The number of hydrogen-bond acceptors (Lipinski definition) is 5. The molecule has 0 fully saturated rings. The van der Waals surface area contributed by atoms with E-state index < -0.39 is 17.9 Å². The van der Waals surface area contributed by atoms with Crippen molar-refractivity contribution in [2.75, 3.05) is 34.0 Å². The summed E-state index contributed by atoms with van der Waals surface area (Å²) in [6.07, 6.45) is 0.100. The van der Waals surface area contributed by atoms with Crippen molar-refractivity contribution in [3.63, 3.8) is 0 Å². The summed E-state index contributed by atoms with van der Waals surface area (Å²) in [5.41, 5.74) is 0.670. The van der Waals surface area contributed by atoms with E-state index in [1.54, 1.807) is 18.2 Å². The number of carboxylic acids is 1. The van der Waals surface area contributed by atoms with Crippen LogP contribution in [0.5, 0.6) is 5.75 Å². The molecule has 2 N–H and O–H groups in total. The van der Waals surface area contributed by atoms with Crippen LogP contribution in [-0.2, 0) is 25.5 Å². The SMILES string of the molecule is COCCOCC(=O)N[C@H](Cc1ccc(OC)c(Cl)c1)C(=O)O. The van der Waals surface area contributed by atoms with E-state index in [4.69, 9.17) is 25.8 Å². The van der Waals surface area contributed by atoms with Gasteiger partial charge in [0.1, 0.15) is 18.4 Å². The summed E-state index contributed by atoms with van der Waals surface area (Å²) in [6.45, 7) is 0.395. The van der Waals surface area contributed by atoms with Crippen LogP contribution in [0.15, 0.2) is 18.2 Å². The predicted octanol–water partition coefficient (Wildman–Crippen LogP) is 1.12. The van der Waals surface area contributed by atoms with Crippen molar-refractivity contribution in [3.05, 3.63) is 28.8 Å². The fourth-order valence-electron chi connectivity index (χ4n) is 1.82. The molecule has 7 nitrogen and oxygen atoms in total. The molecule has 1 aromatic rings. The molecule has 0 saturated carbocycles. The van der Waals surface area contributed by atoms with Gasteiger partial charge in [-0.15, -0.1) is 0 Å². The molecular weight excluding hydrogens is 326 g/mol. The van der Waals surface area contributed by atoms with E-state index in [1.165, 1.54) is 14.2 Å². The van der Waals surface area contributed by atoms with Crippen LogP contribution >= 0.6 is 11.6 Å². The van der Waals surface area contributed by atoms with E-state index in [9.17, 15) is 14.7 Å². The van der Waals surface area contributed by atoms with E-state index in [0.717, 1.165) is 0 Å². The number of halogens is 1. The lowest BCUT2D eigenvalue weighted by Crippen LogP contribution is -2.44. The predicted molar refractivity (Wildman–Crippen MR) is 84.0 cm³/mol. The number of rotatable bonds is 10. The van der Waals surface area contributed by atoms with Gasteiger partial charge in [0.15, 0.2) is 0 Å². The Morgan fingerprint density at radius 3 is 2.61 bits per heavy atom. The average Bonchev–Trinajstić information content (AvgIpc) is 2.51. The second kappa shape index (κ2) is 10.0. The number of carbonyl (C=O) groups is 2. The lowest BCUT2D eigenvalue weighted by atomic mass is 10.1. The molecule has 128 valence electrons. The standard InChI is InChI=1S/C15H20ClNO6/c1-21-5-6-23-9-14(18)17-12(15(19)20)8-10-3-4-13(22-2)11(16)7-10/h3-4,7,12H,5-6,8-9H2,1-2H3,(H,17,18)(H,19,20)/t12-/m1/s1. The third kappa shape index (κ3) is 6.85. The fraction of sp³-hybridized carbons (Fsp3) is 0.467. The second-order valence-corrected chi connectivity index (χ2v) is 5.08. The summed E-state index contributed by atoms with van der Waals surface area (Å²) in [5, 5.41) is 12.0. The minimum absolute atomic E-state index is 0.100. The fourth-order valence-corrected chi connectivity index (χ4v) is 2.10. The van der Waals surface area contributed by atoms with Crippen molar-refractivity contribution < 1.29 is 28.9 Å². The minimum Gasteiger partial charge on any atom is -0.495 e. The van der Waals surface area contributed by atoms with Gasteiger partial charge in [0, 0.05) is 13.5 Å². The van der Waals surface area contributed by atoms with Crippen LogP contribution < -0.4 is 10.1 Å². The van der Waals surface area contributed by atoms with Crippen LogP contribution in [0.3, 0.4) is 0 Å². The maximum absolute atomic E-state index is 11.7. The zero-order valence-electron chi connectivity index (χ0n) is 13.0. The molecule has 1 amide bonds. The lowest BCUT2D eigenvalue weighted by molar-refractivity contribution is -0.142. The van der Waals surface area contributed by atoms with Crippen LogP contribution in [0.25, 0.3) is 0 Å². The number of amides is 1. The van der Waals surface area contributed by atoms with Crippen molar-refractivity contribution in [3.8, 4) is 5.75 Å². The van der Waals surface area contributed by atoms with Gasteiger partial charge in [-0.05, 0) is 17.7 Å². The summed E-state index contributed by atoms with van der Waals surface area (Å²) < 4.78 is 14.9. The molecule has 0 heterocycles. The highest BCUT2D eigenvalue weighted by Gasteiger charge is 2.21. The Hall–Kier alpha value is -1.83. The van der Waals surface area contributed by atoms with Crippen molar-refractivity contribution in [1.29, 1.82) is 0 Å². The van der Waals surface area contributed by atoms with Gasteiger partial charge in [0.25, 0.3) is 0 Å². The van der Waals surface area contributed by atoms with Crippen molar-refractivity contribution in [2.24, 2.45) is 0 Å². The molecular formula is C15H20ClNO6. The summed E-state index contributed by atoms with van der Waals surface area (Å²) in [5.74, 6) is -1.15. The number of nitrogens with one attached hydrogen (secondary N) is 1. The highest BCUT2D eigenvalue weighted by atomic mass is 35.5. The molecule has 0 aliphatic heterocycles. The smallest absolute Gasteiger partial charge is 0.326 e. The van der Waals surface area contributed by atoms with Crippen molar-refractivity contribution >= 4 is 23.5 Å². The zero-order chi connectivity index (χ0) is 17.2. The third-order valence-electron chi connectivity index (χ3n) is 2.95. The first-order chi connectivity index (χ1) is 11.0. The van der Waals surface area contributed by atoms with Gasteiger partial charge in [0.2, 0.25) is 5.91 Å². The second-order valence-electron chi connectivity index (χ2n) is 4.68. The molecule has 0 aliphatic carbocycles. The Balaban J connectivity index is 2.60. The van der Waals surface area contributed by atoms with E-state index in [-0.39, 0.29) is 19.6 Å². The van der Waals surface area contributed by atoms with Gasteiger partial charge in [-0.2, -0.15) is 0 Å². The number of benzene rings is 1. The van der Waals surface area contributed by atoms with Gasteiger partial charge < -0.3 is 24.6 Å². The Morgan fingerprint density at radius 1 is 1.30 bits per heavy atom. The first-order valence-electron chi connectivity index (χ1n) is 6.89.